The number of urea groups is 1. The second-order valence-corrected chi connectivity index (χ2v) is 6.58. The fourth-order valence-electron chi connectivity index (χ4n) is 3.08. The van der Waals surface area contributed by atoms with Crippen molar-refractivity contribution in [2.45, 2.75) is 32.2 Å². The molecule has 0 aliphatic carbocycles. The predicted octanol–water partition coefficient (Wildman–Crippen LogP) is 2.04. The first-order valence-corrected chi connectivity index (χ1v) is 8.46. The van der Waals surface area contributed by atoms with E-state index < -0.39 is 17.8 Å². The number of amides is 4. The molecule has 2 fully saturated rings. The van der Waals surface area contributed by atoms with Crippen molar-refractivity contribution in [3.05, 3.63) is 22.4 Å². The average Bonchev–Trinajstić information content (AvgIpc) is 3.21. The van der Waals surface area contributed by atoms with Gasteiger partial charge in [-0.1, -0.05) is 13.0 Å². The van der Waals surface area contributed by atoms with Crippen molar-refractivity contribution in [2.75, 3.05) is 19.8 Å². The van der Waals surface area contributed by atoms with Gasteiger partial charge in [-0.05, 0) is 30.7 Å². The van der Waals surface area contributed by atoms with Crippen LogP contribution in [0, 0.1) is 0 Å². The first-order chi connectivity index (χ1) is 10.6. The van der Waals surface area contributed by atoms with E-state index in [1.165, 1.54) is 4.88 Å². The molecule has 0 aromatic carbocycles. The molecule has 2 aliphatic heterocycles. The van der Waals surface area contributed by atoms with Crippen LogP contribution in [0.2, 0.25) is 0 Å². The highest BCUT2D eigenvalue weighted by atomic mass is 32.1. The number of carbonyl (C=O) groups excluding carboxylic acids is 3. The van der Waals surface area contributed by atoms with E-state index in [9.17, 15) is 14.4 Å². The van der Waals surface area contributed by atoms with E-state index in [1.807, 2.05) is 18.4 Å². The van der Waals surface area contributed by atoms with Crippen LogP contribution < -0.4 is 0 Å². The Hall–Kier alpha value is -1.73. The number of rotatable bonds is 5. The standard InChI is InChI=1S/C15H19N3O3S/c1-2-7-17-13(19)14(20)18(15(17)21)10-16-8-3-5-11(16)12-6-4-9-22-12/h4,6,9,11H,2-3,5,7-8,10H2,1H3. The minimum atomic E-state index is -0.699. The molecule has 22 heavy (non-hydrogen) atoms. The highest BCUT2D eigenvalue weighted by molar-refractivity contribution is 7.10. The smallest absolute Gasteiger partial charge is 0.278 e. The number of hydrogen-bond donors (Lipinski definition) is 0. The van der Waals surface area contributed by atoms with Crippen LogP contribution in [-0.2, 0) is 9.59 Å². The first kappa shape index (κ1) is 15.2. The molecule has 1 aromatic heterocycles. The maximum absolute atomic E-state index is 12.3. The maximum Gasteiger partial charge on any atom is 0.335 e. The van der Waals surface area contributed by atoms with Gasteiger partial charge in [0.15, 0.2) is 0 Å². The molecule has 3 heterocycles. The molecule has 1 unspecified atom stereocenters. The minimum absolute atomic E-state index is 0.201. The lowest BCUT2D eigenvalue weighted by atomic mass is 10.2. The molecule has 1 atom stereocenters. The van der Waals surface area contributed by atoms with Gasteiger partial charge in [0.1, 0.15) is 0 Å². The van der Waals surface area contributed by atoms with E-state index >= 15 is 0 Å². The second kappa shape index (κ2) is 6.18. The Morgan fingerprint density at radius 3 is 2.68 bits per heavy atom. The van der Waals surface area contributed by atoms with Crippen molar-refractivity contribution in [1.29, 1.82) is 0 Å². The van der Waals surface area contributed by atoms with Crippen molar-refractivity contribution >= 4 is 29.2 Å². The van der Waals surface area contributed by atoms with Crippen LogP contribution in [0.1, 0.15) is 37.1 Å². The SMILES string of the molecule is CCCN1C(=O)C(=O)N(CN2CCCC2c2cccs2)C1=O. The van der Waals surface area contributed by atoms with E-state index in [2.05, 4.69) is 11.0 Å². The molecule has 118 valence electrons. The highest BCUT2D eigenvalue weighted by Gasteiger charge is 2.45. The topological polar surface area (TPSA) is 60.9 Å². The fourth-order valence-corrected chi connectivity index (χ4v) is 3.97. The van der Waals surface area contributed by atoms with Gasteiger partial charge in [-0.15, -0.1) is 11.3 Å². The van der Waals surface area contributed by atoms with Crippen LogP contribution in [0.3, 0.4) is 0 Å². The summed E-state index contributed by atoms with van der Waals surface area (Å²) in [5.74, 6) is -1.39. The average molecular weight is 321 g/mol. The van der Waals surface area contributed by atoms with Crippen LogP contribution >= 0.6 is 11.3 Å². The molecule has 1 aromatic rings. The summed E-state index contributed by atoms with van der Waals surface area (Å²) >= 11 is 1.69. The fraction of sp³-hybridized carbons (Fsp3) is 0.533. The molecule has 6 nitrogen and oxygen atoms in total. The van der Waals surface area contributed by atoms with Crippen molar-refractivity contribution in [2.24, 2.45) is 0 Å². The second-order valence-electron chi connectivity index (χ2n) is 5.60. The van der Waals surface area contributed by atoms with Gasteiger partial charge in [0.05, 0.1) is 6.67 Å². The molecule has 0 saturated carbocycles. The van der Waals surface area contributed by atoms with Crippen molar-refractivity contribution in [1.82, 2.24) is 14.7 Å². The van der Waals surface area contributed by atoms with Crippen LogP contribution in [0.25, 0.3) is 0 Å². The highest BCUT2D eigenvalue weighted by Crippen LogP contribution is 2.34. The largest absolute Gasteiger partial charge is 0.335 e. The molecule has 4 amide bonds. The maximum atomic E-state index is 12.3. The van der Waals surface area contributed by atoms with Crippen molar-refractivity contribution < 1.29 is 14.4 Å². The van der Waals surface area contributed by atoms with Crippen molar-refractivity contribution in [3.63, 3.8) is 0 Å². The molecular weight excluding hydrogens is 302 g/mol. The summed E-state index contributed by atoms with van der Waals surface area (Å²) in [7, 11) is 0. The third-order valence-electron chi connectivity index (χ3n) is 4.14. The molecule has 0 radical (unpaired) electrons. The van der Waals surface area contributed by atoms with E-state index in [1.54, 1.807) is 11.3 Å². The van der Waals surface area contributed by atoms with Gasteiger partial charge in [0, 0.05) is 24.0 Å². The lowest BCUT2D eigenvalue weighted by Crippen LogP contribution is -2.42. The van der Waals surface area contributed by atoms with Gasteiger partial charge < -0.3 is 0 Å². The molecular formula is C15H19N3O3S. The van der Waals surface area contributed by atoms with Gasteiger partial charge in [0.25, 0.3) is 0 Å². The third-order valence-corrected chi connectivity index (χ3v) is 5.11. The van der Waals surface area contributed by atoms with Crippen LogP contribution in [0.15, 0.2) is 17.5 Å². The number of carbonyl (C=O) groups is 3. The summed E-state index contributed by atoms with van der Waals surface area (Å²) < 4.78 is 0. The molecule has 7 heteroatoms. The lowest BCUT2D eigenvalue weighted by molar-refractivity contribution is -0.144. The lowest BCUT2D eigenvalue weighted by Gasteiger charge is -2.27. The Kier molecular flexibility index (Phi) is 4.26. The summed E-state index contributed by atoms with van der Waals surface area (Å²) in [4.78, 5) is 41.8. The Balaban J connectivity index is 1.73. The van der Waals surface area contributed by atoms with E-state index in [-0.39, 0.29) is 12.7 Å². The van der Waals surface area contributed by atoms with Crippen LogP contribution in [0.5, 0.6) is 0 Å². The summed E-state index contributed by atoms with van der Waals surface area (Å²) in [6.45, 7) is 3.21. The first-order valence-electron chi connectivity index (χ1n) is 7.58. The number of nitrogens with zero attached hydrogens (tertiary/aromatic N) is 3. The number of thiophene rings is 1. The molecule has 2 aliphatic rings. The zero-order valence-electron chi connectivity index (χ0n) is 12.5. The normalized spacial score (nSPS) is 23.1. The zero-order chi connectivity index (χ0) is 15.7. The van der Waals surface area contributed by atoms with Gasteiger partial charge in [0.2, 0.25) is 0 Å². The van der Waals surface area contributed by atoms with E-state index in [0.29, 0.717) is 13.0 Å². The predicted molar refractivity (Wildman–Crippen MR) is 82.1 cm³/mol. The van der Waals surface area contributed by atoms with E-state index in [0.717, 1.165) is 29.2 Å². The van der Waals surface area contributed by atoms with Crippen molar-refractivity contribution in [3.8, 4) is 0 Å². The van der Waals surface area contributed by atoms with Gasteiger partial charge in [-0.2, -0.15) is 0 Å². The summed E-state index contributed by atoms with van der Waals surface area (Å²) in [5.41, 5.74) is 0. The molecule has 2 saturated heterocycles. The summed E-state index contributed by atoms with van der Waals surface area (Å²) in [6, 6.07) is 3.84. The summed E-state index contributed by atoms with van der Waals surface area (Å²) in [6.07, 6.45) is 2.70. The zero-order valence-corrected chi connectivity index (χ0v) is 13.3. The number of imide groups is 2. The monoisotopic (exact) mass is 321 g/mol. The van der Waals surface area contributed by atoms with Crippen LogP contribution in [-0.4, -0.2) is 52.3 Å². The molecule has 0 bridgehead atoms. The molecule has 3 rings (SSSR count). The van der Waals surface area contributed by atoms with E-state index in [4.69, 9.17) is 0 Å². The number of hydrogen-bond acceptors (Lipinski definition) is 5. The van der Waals surface area contributed by atoms with Gasteiger partial charge >= 0.3 is 17.8 Å². The molecule has 0 spiro atoms. The third kappa shape index (κ3) is 2.55. The minimum Gasteiger partial charge on any atom is -0.278 e. The molecule has 0 N–H and O–H groups in total. The van der Waals surface area contributed by atoms with Crippen LogP contribution in [0.4, 0.5) is 4.79 Å². The van der Waals surface area contributed by atoms with Gasteiger partial charge in [-0.25, -0.2) is 9.69 Å². The Labute approximate surface area is 133 Å². The quantitative estimate of drug-likeness (QED) is 0.615. The Bertz CT molecular complexity index is 587. The number of likely N-dealkylation sites (tertiary alicyclic amines) is 1. The summed E-state index contributed by atoms with van der Waals surface area (Å²) in [5, 5.41) is 2.03. The Morgan fingerprint density at radius 2 is 2.00 bits per heavy atom. The Morgan fingerprint density at radius 1 is 1.23 bits per heavy atom. The van der Waals surface area contributed by atoms with Gasteiger partial charge in [-0.3, -0.25) is 19.4 Å².